The summed E-state index contributed by atoms with van der Waals surface area (Å²) in [6.07, 6.45) is -46.7. The maximum Gasteiger partial charge on any atom is 0.493 e. The van der Waals surface area contributed by atoms with Gasteiger partial charge in [-0.3, -0.25) is 4.74 Å². The molecule has 2 unspecified atom stereocenters. The van der Waals surface area contributed by atoms with E-state index in [2.05, 4.69) is 0 Å². The molecule has 0 saturated heterocycles. The molecule has 2 atom stereocenters. The average Bonchev–Trinajstić information content (AvgIpc) is 2.56. The van der Waals surface area contributed by atoms with Crippen LogP contribution >= 0.6 is 0 Å². The summed E-state index contributed by atoms with van der Waals surface area (Å²) in [5.74, 6) is -31.2. The summed E-state index contributed by atoms with van der Waals surface area (Å²) in [4.78, 5) is 0. The zero-order chi connectivity index (χ0) is 29.8. The molecule has 4 nitrogen and oxygen atoms in total. The van der Waals surface area contributed by atoms with E-state index in [1.54, 1.807) is 0 Å². The van der Waals surface area contributed by atoms with Crippen molar-refractivity contribution >= 4 is 0 Å². The maximum atomic E-state index is 13.8. The van der Waals surface area contributed by atoms with Crippen LogP contribution in [0.15, 0.2) is 0 Å². The van der Waals surface area contributed by atoms with E-state index in [4.69, 9.17) is 5.11 Å². The third-order valence-corrected chi connectivity index (χ3v) is 3.28. The van der Waals surface area contributed by atoms with Gasteiger partial charge < -0.3 is 5.11 Å². The van der Waals surface area contributed by atoms with Crippen LogP contribution in [0.1, 0.15) is 0 Å². The first kappa shape index (κ1) is 34.4. The van der Waals surface area contributed by atoms with Gasteiger partial charge in [-0.05, 0) is 0 Å². The highest BCUT2D eigenvalue weighted by Crippen LogP contribution is 2.58. The molecule has 0 saturated carbocycles. The normalized spacial score (nSPS) is 19.2. The van der Waals surface area contributed by atoms with Gasteiger partial charge in [0, 0.05) is 0 Å². The predicted octanol–water partition coefficient (Wildman–Crippen LogP) is 6.05. The van der Waals surface area contributed by atoms with Gasteiger partial charge in [-0.1, -0.05) is 0 Å². The first-order valence-electron chi connectivity index (χ1n) is 7.36. The predicted molar refractivity (Wildman–Crippen MR) is 60.9 cm³/mol. The van der Waals surface area contributed by atoms with Crippen molar-refractivity contribution in [3.63, 3.8) is 0 Å². The lowest BCUT2D eigenvalue weighted by molar-refractivity contribution is -0.583. The van der Waals surface area contributed by atoms with E-state index in [0.29, 0.717) is 0 Å². The van der Waals surface area contributed by atoms with Crippen LogP contribution in [0.4, 0.5) is 92.2 Å². The number of halogens is 21. The molecule has 0 spiro atoms. The highest BCUT2D eigenvalue weighted by atomic mass is 19.4. The molecule has 0 heterocycles. The van der Waals surface area contributed by atoms with E-state index in [0.717, 1.165) is 4.74 Å². The van der Waals surface area contributed by atoms with Crippen LogP contribution in [0.3, 0.4) is 0 Å². The van der Waals surface area contributed by atoms with E-state index in [9.17, 15) is 92.2 Å². The number of aliphatic hydroxyl groups excluding tert-OH is 1. The first-order valence-corrected chi connectivity index (χ1v) is 7.36. The number of hydrogen-bond donors (Lipinski definition) is 1. The standard InChI is InChI=1S/C11H3F21O4/c12-2(1-33,6(18,19)20)34-11(31,32)36-10(29,30)5(17,8(24,25)26)35-9(27,28)4(15,16)3(13,14)7(21,22)23/h33H,1H2. The summed E-state index contributed by atoms with van der Waals surface area (Å²) < 4.78 is 272. The second-order valence-electron chi connectivity index (χ2n) is 5.93. The van der Waals surface area contributed by atoms with Crippen LogP contribution in [0, 0.1) is 0 Å². The molecule has 0 radical (unpaired) electrons. The second-order valence-corrected chi connectivity index (χ2v) is 5.93. The molecular formula is C11H3F21O4. The van der Waals surface area contributed by atoms with Gasteiger partial charge in [0.15, 0.2) is 0 Å². The number of ether oxygens (including phenoxy) is 3. The zero-order valence-electron chi connectivity index (χ0n) is 15.3. The molecule has 0 aromatic rings. The van der Waals surface area contributed by atoms with Gasteiger partial charge in [-0.25, -0.2) is 9.47 Å². The smallest absolute Gasteiger partial charge is 0.390 e. The molecule has 0 fully saturated rings. The molecule has 0 rings (SSSR count). The van der Waals surface area contributed by atoms with Crippen LogP contribution < -0.4 is 0 Å². The van der Waals surface area contributed by atoms with Crippen molar-refractivity contribution in [1.29, 1.82) is 0 Å². The van der Waals surface area contributed by atoms with E-state index in [-0.39, 0.29) is 0 Å². The number of hydrogen-bond acceptors (Lipinski definition) is 4. The maximum absolute atomic E-state index is 13.8. The Kier molecular flexibility index (Phi) is 8.58. The van der Waals surface area contributed by atoms with Crippen molar-refractivity contribution in [3.8, 4) is 0 Å². The minimum Gasteiger partial charge on any atom is -0.390 e. The Balaban J connectivity index is 6.61. The van der Waals surface area contributed by atoms with Gasteiger partial charge in [0.05, 0.1) is 0 Å². The van der Waals surface area contributed by atoms with E-state index in [1.165, 1.54) is 4.74 Å². The fourth-order valence-corrected chi connectivity index (χ4v) is 1.49. The minimum absolute atomic E-state index is 1.09. The molecule has 218 valence electrons. The molecular weight excluding hydrogens is 595 g/mol. The summed E-state index contributed by atoms with van der Waals surface area (Å²) in [6.45, 7) is -3.34. The fraction of sp³-hybridized carbons (Fsp3) is 1.00. The topological polar surface area (TPSA) is 47.9 Å². The fourth-order valence-electron chi connectivity index (χ4n) is 1.49. The van der Waals surface area contributed by atoms with Crippen molar-refractivity contribution in [2.75, 3.05) is 6.61 Å². The molecule has 36 heavy (non-hydrogen) atoms. The van der Waals surface area contributed by atoms with E-state index < -0.39 is 67.2 Å². The van der Waals surface area contributed by atoms with Gasteiger partial charge in [0.2, 0.25) is 0 Å². The van der Waals surface area contributed by atoms with Crippen molar-refractivity contribution in [3.05, 3.63) is 0 Å². The van der Waals surface area contributed by atoms with E-state index >= 15 is 0 Å². The largest absolute Gasteiger partial charge is 0.493 e. The molecule has 0 aliphatic rings. The Labute approximate surface area is 180 Å². The molecule has 0 bridgehead atoms. The Morgan fingerprint density at radius 1 is 0.417 bits per heavy atom. The average molecular weight is 598 g/mol. The van der Waals surface area contributed by atoms with Crippen LogP contribution in [0.25, 0.3) is 0 Å². The third kappa shape index (κ3) is 5.92. The van der Waals surface area contributed by atoms with Crippen molar-refractivity contribution in [2.24, 2.45) is 0 Å². The minimum atomic E-state index is -8.43. The van der Waals surface area contributed by atoms with Crippen molar-refractivity contribution in [2.45, 2.75) is 60.6 Å². The molecule has 0 aromatic heterocycles. The van der Waals surface area contributed by atoms with Gasteiger partial charge in [0.25, 0.3) is 0 Å². The van der Waals surface area contributed by atoms with Crippen LogP contribution in [-0.2, 0) is 14.2 Å². The highest BCUT2D eigenvalue weighted by molar-refractivity contribution is 4.99. The van der Waals surface area contributed by atoms with Crippen LogP contribution in [0.5, 0.6) is 0 Å². The first-order chi connectivity index (χ1) is 15.2. The van der Waals surface area contributed by atoms with Crippen LogP contribution in [-0.4, -0.2) is 72.3 Å². The molecule has 1 N–H and O–H groups in total. The lowest BCUT2D eigenvalue weighted by atomic mass is 10.1. The summed E-state index contributed by atoms with van der Waals surface area (Å²) >= 11 is 0. The van der Waals surface area contributed by atoms with E-state index in [1.807, 2.05) is 4.74 Å². The lowest BCUT2D eigenvalue weighted by Crippen LogP contribution is -2.68. The molecule has 0 aliphatic carbocycles. The van der Waals surface area contributed by atoms with Gasteiger partial charge in [-0.15, -0.1) is 8.78 Å². The molecule has 25 heteroatoms. The number of alkyl halides is 21. The Morgan fingerprint density at radius 3 is 1.08 bits per heavy atom. The Morgan fingerprint density at radius 2 is 0.806 bits per heavy atom. The number of rotatable bonds is 10. The molecule has 0 aliphatic heterocycles. The SMILES string of the molecule is OCC(F)(OC(F)(F)OC(F)(F)C(F)(OC(F)(F)C(F)(F)C(F)(F)C(F)(F)F)C(F)(F)F)C(F)(F)F. The van der Waals surface area contributed by atoms with Crippen molar-refractivity contribution < 1.29 is 112 Å². The Hall–Kier alpha value is -1.63. The lowest BCUT2D eigenvalue weighted by Gasteiger charge is -2.40. The quantitative estimate of drug-likeness (QED) is 0.246. The molecule has 0 aromatic carbocycles. The van der Waals surface area contributed by atoms with Gasteiger partial charge in [0.1, 0.15) is 6.61 Å². The third-order valence-electron chi connectivity index (χ3n) is 3.28. The summed E-state index contributed by atoms with van der Waals surface area (Å²) in [6, 6.07) is 0. The summed E-state index contributed by atoms with van der Waals surface area (Å²) in [5, 5.41) is 8.04. The monoisotopic (exact) mass is 598 g/mol. The molecule has 0 amide bonds. The van der Waals surface area contributed by atoms with Crippen molar-refractivity contribution in [1.82, 2.24) is 0 Å². The zero-order valence-corrected chi connectivity index (χ0v) is 15.3. The van der Waals surface area contributed by atoms with Gasteiger partial charge >= 0.3 is 60.6 Å². The summed E-state index contributed by atoms with van der Waals surface area (Å²) in [7, 11) is 0. The van der Waals surface area contributed by atoms with Crippen LogP contribution in [0.2, 0.25) is 0 Å². The highest BCUT2D eigenvalue weighted by Gasteiger charge is 2.88. The second kappa shape index (κ2) is 8.99. The summed E-state index contributed by atoms with van der Waals surface area (Å²) in [5.41, 5.74) is 0. The number of aliphatic hydroxyl groups is 1. The Bertz CT molecular complexity index is 767. The van der Waals surface area contributed by atoms with Gasteiger partial charge in [-0.2, -0.15) is 83.4 Å².